The molecule has 0 aliphatic heterocycles. The molecule has 0 bridgehead atoms. The van der Waals surface area contributed by atoms with Gasteiger partial charge in [0.1, 0.15) is 15.6 Å². The van der Waals surface area contributed by atoms with Crippen molar-refractivity contribution < 1.29 is 8.42 Å². The van der Waals surface area contributed by atoms with E-state index in [4.69, 9.17) is 11.6 Å². The van der Waals surface area contributed by atoms with Crippen LogP contribution in [0.2, 0.25) is 5.02 Å². The van der Waals surface area contributed by atoms with Gasteiger partial charge >= 0.3 is 0 Å². The summed E-state index contributed by atoms with van der Waals surface area (Å²) in [6.07, 6.45) is 5.11. The van der Waals surface area contributed by atoms with Crippen LogP contribution in [-0.4, -0.2) is 18.4 Å². The molecule has 9 heteroatoms. The molecule has 100 valence electrons. The highest BCUT2D eigenvalue weighted by atomic mass is 79.9. The smallest absolute Gasteiger partial charge is 0.263 e. The SMILES string of the molecule is O=c1c(Cl)c[nH]cc1NS(=O)(=O)c1cncc(Br)c1. The van der Waals surface area contributed by atoms with E-state index >= 15 is 0 Å². The Labute approximate surface area is 122 Å². The largest absolute Gasteiger partial charge is 0.364 e. The zero-order valence-corrected chi connectivity index (χ0v) is 12.4. The third kappa shape index (κ3) is 3.14. The van der Waals surface area contributed by atoms with E-state index in [0.29, 0.717) is 4.47 Å². The van der Waals surface area contributed by atoms with E-state index in [2.05, 4.69) is 30.6 Å². The number of rotatable bonds is 3. The maximum atomic E-state index is 12.0. The number of nitrogens with one attached hydrogen (secondary N) is 2. The van der Waals surface area contributed by atoms with Crippen LogP contribution in [-0.2, 0) is 10.0 Å². The highest BCUT2D eigenvalue weighted by molar-refractivity contribution is 9.10. The van der Waals surface area contributed by atoms with Crippen molar-refractivity contribution in [2.45, 2.75) is 4.90 Å². The second kappa shape index (κ2) is 5.32. The zero-order chi connectivity index (χ0) is 14.0. The Morgan fingerprint density at radius 3 is 2.74 bits per heavy atom. The minimum Gasteiger partial charge on any atom is -0.364 e. The highest BCUT2D eigenvalue weighted by Crippen LogP contribution is 2.17. The van der Waals surface area contributed by atoms with Crippen LogP contribution in [0.5, 0.6) is 0 Å². The van der Waals surface area contributed by atoms with E-state index < -0.39 is 15.5 Å². The summed E-state index contributed by atoms with van der Waals surface area (Å²) in [6, 6.07) is 1.37. The maximum absolute atomic E-state index is 12.0. The van der Waals surface area contributed by atoms with Gasteiger partial charge in [0.05, 0.1) is 0 Å². The minimum absolute atomic E-state index is 0.0683. The van der Waals surface area contributed by atoms with Crippen molar-refractivity contribution >= 4 is 43.2 Å². The summed E-state index contributed by atoms with van der Waals surface area (Å²) >= 11 is 8.74. The van der Waals surface area contributed by atoms with Gasteiger partial charge in [0.25, 0.3) is 10.0 Å². The summed E-state index contributed by atoms with van der Waals surface area (Å²) in [6.45, 7) is 0. The summed E-state index contributed by atoms with van der Waals surface area (Å²) in [4.78, 5) is 17.9. The van der Waals surface area contributed by atoms with Gasteiger partial charge in [0, 0.05) is 29.3 Å². The first-order valence-corrected chi connectivity index (χ1v) is 7.55. The van der Waals surface area contributed by atoms with Crippen LogP contribution in [0, 0.1) is 0 Å². The number of aromatic nitrogens is 2. The molecule has 2 aromatic rings. The molecule has 0 aliphatic rings. The molecule has 0 atom stereocenters. The van der Waals surface area contributed by atoms with Crippen LogP contribution in [0.3, 0.4) is 0 Å². The molecule has 0 spiro atoms. The Morgan fingerprint density at radius 2 is 2.05 bits per heavy atom. The fourth-order valence-corrected chi connectivity index (χ4v) is 3.00. The number of H-pyrrole nitrogens is 1. The second-order valence-corrected chi connectivity index (χ2v) is 6.50. The van der Waals surface area contributed by atoms with Crippen molar-refractivity contribution in [1.29, 1.82) is 0 Å². The Hall–Kier alpha value is -1.38. The third-order valence-corrected chi connectivity index (χ3v) is 4.18. The molecule has 6 nitrogen and oxygen atoms in total. The number of anilines is 1. The Bertz CT molecular complexity index is 776. The topological polar surface area (TPSA) is 91.9 Å². The van der Waals surface area contributed by atoms with Gasteiger partial charge in [-0.05, 0) is 22.0 Å². The van der Waals surface area contributed by atoms with Crippen LogP contribution < -0.4 is 10.2 Å². The Balaban J connectivity index is 2.42. The van der Waals surface area contributed by atoms with E-state index in [-0.39, 0.29) is 15.6 Å². The number of halogens is 2. The fraction of sp³-hybridized carbons (Fsp3) is 0. The van der Waals surface area contributed by atoms with Gasteiger partial charge in [-0.2, -0.15) is 0 Å². The van der Waals surface area contributed by atoms with E-state index in [0.717, 1.165) is 0 Å². The number of hydrogen-bond acceptors (Lipinski definition) is 4. The first-order chi connectivity index (χ1) is 8.90. The van der Waals surface area contributed by atoms with Crippen LogP contribution in [0.1, 0.15) is 0 Å². The molecule has 2 heterocycles. The van der Waals surface area contributed by atoms with Crippen LogP contribution in [0.25, 0.3) is 0 Å². The van der Waals surface area contributed by atoms with Gasteiger partial charge in [-0.15, -0.1) is 0 Å². The molecule has 0 fully saturated rings. The lowest BCUT2D eigenvalue weighted by Gasteiger charge is -2.07. The third-order valence-electron chi connectivity index (χ3n) is 2.13. The molecule has 0 aromatic carbocycles. The Morgan fingerprint density at radius 1 is 1.32 bits per heavy atom. The monoisotopic (exact) mass is 363 g/mol. The van der Waals surface area contributed by atoms with Crippen molar-refractivity contribution in [2.24, 2.45) is 0 Å². The quantitative estimate of drug-likeness (QED) is 0.871. The standard InChI is InChI=1S/C10H7BrClN3O3S/c11-6-1-7(3-13-2-6)19(17,18)15-9-5-14-4-8(12)10(9)16/h1-5,15H,(H,14,16). The number of aromatic amines is 1. The van der Waals surface area contributed by atoms with Crippen LogP contribution in [0.15, 0.2) is 45.0 Å². The second-order valence-electron chi connectivity index (χ2n) is 3.49. The van der Waals surface area contributed by atoms with Gasteiger partial charge < -0.3 is 4.98 Å². The average Bonchev–Trinajstić information content (AvgIpc) is 2.35. The molecule has 0 saturated carbocycles. The van der Waals surface area contributed by atoms with E-state index in [9.17, 15) is 13.2 Å². The van der Waals surface area contributed by atoms with Crippen LogP contribution >= 0.6 is 27.5 Å². The van der Waals surface area contributed by atoms with Crippen molar-refractivity contribution in [3.8, 4) is 0 Å². The fourth-order valence-electron chi connectivity index (χ4n) is 1.28. The molecule has 0 saturated heterocycles. The van der Waals surface area contributed by atoms with Gasteiger partial charge in [-0.3, -0.25) is 14.5 Å². The first kappa shape index (κ1) is 14.0. The van der Waals surface area contributed by atoms with E-state index in [1.807, 2.05) is 0 Å². The average molecular weight is 365 g/mol. The normalized spacial score (nSPS) is 11.3. The van der Waals surface area contributed by atoms with E-state index in [1.54, 1.807) is 0 Å². The summed E-state index contributed by atoms with van der Waals surface area (Å²) in [5.74, 6) is 0. The Kier molecular flexibility index (Phi) is 3.93. The number of pyridine rings is 2. The number of hydrogen-bond donors (Lipinski definition) is 2. The minimum atomic E-state index is -3.90. The molecular weight excluding hydrogens is 358 g/mol. The summed E-state index contributed by atoms with van der Waals surface area (Å²) in [7, 11) is -3.90. The highest BCUT2D eigenvalue weighted by Gasteiger charge is 2.17. The van der Waals surface area contributed by atoms with Gasteiger partial charge in [0.15, 0.2) is 0 Å². The maximum Gasteiger partial charge on any atom is 0.263 e. The summed E-state index contributed by atoms with van der Waals surface area (Å²) in [5, 5.41) is -0.104. The lowest BCUT2D eigenvalue weighted by molar-refractivity contribution is 0.600. The molecule has 2 rings (SSSR count). The first-order valence-electron chi connectivity index (χ1n) is 4.90. The van der Waals surface area contributed by atoms with Gasteiger partial charge in [0.2, 0.25) is 5.43 Å². The lowest BCUT2D eigenvalue weighted by Crippen LogP contribution is -2.19. The molecule has 0 amide bonds. The summed E-state index contributed by atoms with van der Waals surface area (Å²) in [5.41, 5.74) is -0.764. The van der Waals surface area contributed by atoms with Crippen LogP contribution in [0.4, 0.5) is 5.69 Å². The van der Waals surface area contributed by atoms with Gasteiger partial charge in [-0.25, -0.2) is 8.42 Å². The molecule has 0 aliphatic carbocycles. The molecule has 0 radical (unpaired) electrons. The number of sulfonamides is 1. The lowest BCUT2D eigenvalue weighted by atomic mass is 10.4. The molecule has 2 aromatic heterocycles. The van der Waals surface area contributed by atoms with Crippen molar-refractivity contribution in [3.05, 3.63) is 50.6 Å². The predicted octanol–water partition coefficient (Wildman–Crippen LogP) is 1.99. The van der Waals surface area contributed by atoms with Crippen molar-refractivity contribution in [3.63, 3.8) is 0 Å². The molecule has 2 N–H and O–H groups in total. The predicted molar refractivity (Wildman–Crippen MR) is 74.8 cm³/mol. The van der Waals surface area contributed by atoms with Crippen molar-refractivity contribution in [2.75, 3.05) is 4.72 Å². The summed E-state index contributed by atoms with van der Waals surface area (Å²) < 4.78 is 26.8. The number of nitrogens with zero attached hydrogens (tertiary/aromatic N) is 1. The van der Waals surface area contributed by atoms with Gasteiger partial charge in [-0.1, -0.05) is 11.6 Å². The van der Waals surface area contributed by atoms with Crippen molar-refractivity contribution in [1.82, 2.24) is 9.97 Å². The molecule has 19 heavy (non-hydrogen) atoms. The zero-order valence-electron chi connectivity index (χ0n) is 9.22. The molecular formula is C10H7BrClN3O3S. The molecule has 0 unspecified atom stereocenters. The van der Waals surface area contributed by atoms with E-state index in [1.165, 1.54) is 30.9 Å².